The van der Waals surface area contributed by atoms with Gasteiger partial charge in [0.2, 0.25) is 17.7 Å². The molecule has 1 aromatic heterocycles. The zero-order valence-electron chi connectivity index (χ0n) is 15.4. The number of primary amides is 1. The maximum Gasteiger partial charge on any atom is 0.224 e. The number of halogens is 1. The quantitative estimate of drug-likeness (QED) is 0.547. The van der Waals surface area contributed by atoms with Crippen molar-refractivity contribution in [2.45, 2.75) is 25.8 Å². The van der Waals surface area contributed by atoms with Gasteiger partial charge in [-0.25, -0.2) is 0 Å². The lowest BCUT2D eigenvalue weighted by Crippen LogP contribution is -2.44. The third-order valence-electron chi connectivity index (χ3n) is 6.35. The molecule has 1 spiro atoms. The molecule has 0 aromatic carbocycles. The van der Waals surface area contributed by atoms with Crippen LogP contribution < -0.4 is 16.4 Å². The van der Waals surface area contributed by atoms with Crippen molar-refractivity contribution in [3.8, 4) is 0 Å². The highest BCUT2D eigenvalue weighted by molar-refractivity contribution is 9.10. The molecule has 0 unspecified atom stereocenters. The summed E-state index contributed by atoms with van der Waals surface area (Å²) in [6.07, 6.45) is 8.12. The van der Waals surface area contributed by atoms with E-state index in [9.17, 15) is 14.4 Å². The number of carbonyl (C=O) groups is 3. The van der Waals surface area contributed by atoms with Crippen LogP contribution in [0.4, 0.5) is 0 Å². The van der Waals surface area contributed by atoms with Crippen molar-refractivity contribution in [3.63, 3.8) is 0 Å². The summed E-state index contributed by atoms with van der Waals surface area (Å²) in [6.45, 7) is 0.530. The Labute approximate surface area is 171 Å². The maximum atomic E-state index is 13.1. The Hall–Kier alpha value is -2.22. The molecule has 4 rings (SSSR count). The third kappa shape index (κ3) is 3.34. The third-order valence-corrected chi connectivity index (χ3v) is 6.82. The van der Waals surface area contributed by atoms with Crippen LogP contribution in [0.1, 0.15) is 25.0 Å². The van der Waals surface area contributed by atoms with E-state index in [2.05, 4.69) is 43.7 Å². The SMILES string of the molecule is NC(=O)CCNC(=O)[C@H]1[C@H](C(=O)NCc2ccc(Br)cn2)[C@@H]2C=C[C@H]1C21CC1. The van der Waals surface area contributed by atoms with Crippen LogP contribution in [-0.2, 0) is 20.9 Å². The molecule has 2 saturated carbocycles. The molecule has 0 aliphatic heterocycles. The highest BCUT2D eigenvalue weighted by Gasteiger charge is 2.69. The van der Waals surface area contributed by atoms with Gasteiger partial charge in [-0.1, -0.05) is 12.2 Å². The molecule has 1 heterocycles. The first-order valence-corrected chi connectivity index (χ1v) is 10.3. The number of hydrogen-bond acceptors (Lipinski definition) is 4. The lowest BCUT2D eigenvalue weighted by atomic mass is 9.81. The lowest BCUT2D eigenvalue weighted by Gasteiger charge is -2.26. The summed E-state index contributed by atoms with van der Waals surface area (Å²) in [5.41, 5.74) is 5.99. The Kier molecular flexibility index (Phi) is 4.99. The summed E-state index contributed by atoms with van der Waals surface area (Å²) in [4.78, 5) is 41.1. The van der Waals surface area contributed by atoms with Crippen LogP contribution >= 0.6 is 15.9 Å². The van der Waals surface area contributed by atoms with Crippen molar-refractivity contribution < 1.29 is 14.4 Å². The summed E-state index contributed by atoms with van der Waals surface area (Å²) >= 11 is 3.34. The highest BCUT2D eigenvalue weighted by atomic mass is 79.9. The van der Waals surface area contributed by atoms with E-state index in [1.807, 2.05) is 12.1 Å². The van der Waals surface area contributed by atoms with E-state index in [-0.39, 0.29) is 47.9 Å². The van der Waals surface area contributed by atoms with Crippen LogP contribution in [-0.4, -0.2) is 29.3 Å². The predicted octanol–water partition coefficient (Wildman–Crippen LogP) is 1.28. The number of nitrogens with zero attached hydrogens (tertiary/aromatic N) is 1. The Bertz CT molecular complexity index is 834. The topological polar surface area (TPSA) is 114 Å². The lowest BCUT2D eigenvalue weighted by molar-refractivity contribution is -0.135. The number of nitrogens with one attached hydrogen (secondary N) is 2. The van der Waals surface area contributed by atoms with E-state index < -0.39 is 11.8 Å². The van der Waals surface area contributed by atoms with Gasteiger partial charge in [0, 0.05) is 23.6 Å². The van der Waals surface area contributed by atoms with Crippen molar-refractivity contribution in [3.05, 3.63) is 40.6 Å². The minimum atomic E-state index is -0.455. The van der Waals surface area contributed by atoms with Gasteiger partial charge in [0.1, 0.15) is 0 Å². The molecule has 8 heteroatoms. The fourth-order valence-corrected chi connectivity index (χ4v) is 5.18. The predicted molar refractivity (Wildman–Crippen MR) is 105 cm³/mol. The van der Waals surface area contributed by atoms with Crippen molar-refractivity contribution in [1.29, 1.82) is 0 Å². The van der Waals surface area contributed by atoms with E-state index in [0.717, 1.165) is 23.0 Å². The van der Waals surface area contributed by atoms with Crippen LogP contribution in [0.3, 0.4) is 0 Å². The van der Waals surface area contributed by atoms with Gasteiger partial charge in [0.05, 0.1) is 24.1 Å². The van der Waals surface area contributed by atoms with Gasteiger partial charge >= 0.3 is 0 Å². The van der Waals surface area contributed by atoms with E-state index in [1.54, 1.807) is 6.20 Å². The van der Waals surface area contributed by atoms with E-state index in [1.165, 1.54) is 0 Å². The molecule has 4 N–H and O–H groups in total. The second kappa shape index (κ2) is 7.31. The Balaban J connectivity index is 1.46. The maximum absolute atomic E-state index is 13.1. The van der Waals surface area contributed by atoms with Gasteiger partial charge in [0.15, 0.2) is 0 Å². The average molecular weight is 447 g/mol. The normalized spacial score (nSPS) is 28.3. The number of carbonyl (C=O) groups excluding carboxylic acids is 3. The first kappa shape index (κ1) is 19.1. The minimum Gasteiger partial charge on any atom is -0.370 e. The zero-order valence-corrected chi connectivity index (χ0v) is 16.9. The van der Waals surface area contributed by atoms with Gasteiger partial charge in [-0.2, -0.15) is 0 Å². The van der Waals surface area contributed by atoms with Crippen LogP contribution in [0.25, 0.3) is 0 Å². The molecule has 2 bridgehead atoms. The molecular weight excluding hydrogens is 424 g/mol. The molecule has 3 aliphatic rings. The Morgan fingerprint density at radius 1 is 1.11 bits per heavy atom. The van der Waals surface area contributed by atoms with Crippen molar-refractivity contribution in [1.82, 2.24) is 15.6 Å². The van der Waals surface area contributed by atoms with Crippen LogP contribution in [0.2, 0.25) is 0 Å². The molecule has 0 saturated heterocycles. The Morgan fingerprint density at radius 2 is 1.75 bits per heavy atom. The Morgan fingerprint density at radius 3 is 2.29 bits per heavy atom. The van der Waals surface area contributed by atoms with Gasteiger partial charge < -0.3 is 16.4 Å². The fraction of sp³-hybridized carbons (Fsp3) is 0.500. The molecule has 3 amide bonds. The van der Waals surface area contributed by atoms with Gasteiger partial charge in [-0.05, 0) is 58.2 Å². The molecule has 2 fully saturated rings. The second-order valence-electron chi connectivity index (χ2n) is 7.91. The molecular formula is C20H23BrN4O3. The largest absolute Gasteiger partial charge is 0.370 e. The highest BCUT2D eigenvalue weighted by Crippen LogP contribution is 2.72. The van der Waals surface area contributed by atoms with Crippen molar-refractivity contribution >= 4 is 33.7 Å². The van der Waals surface area contributed by atoms with Crippen LogP contribution in [0.15, 0.2) is 35.0 Å². The van der Waals surface area contributed by atoms with Crippen LogP contribution in [0, 0.1) is 29.1 Å². The standard InChI is InChI=1S/C20H23BrN4O3/c21-11-1-2-12(24-9-11)10-25-19(28)17-14-4-3-13(20(14)6-7-20)16(17)18(27)23-8-5-15(22)26/h1-4,9,13-14,16-17H,5-8,10H2,(H2,22,26)(H,23,27)(H,25,28)/t13-,14+,16-,17-/m1/s1. The summed E-state index contributed by atoms with van der Waals surface area (Å²) in [5.74, 6) is -1.32. The number of hydrogen-bond donors (Lipinski definition) is 3. The van der Waals surface area contributed by atoms with Gasteiger partial charge in [-0.3, -0.25) is 19.4 Å². The first-order chi connectivity index (χ1) is 13.4. The number of rotatable bonds is 7. The molecule has 1 aromatic rings. The molecule has 4 atom stereocenters. The summed E-state index contributed by atoms with van der Waals surface area (Å²) in [5, 5.41) is 5.77. The summed E-state index contributed by atoms with van der Waals surface area (Å²) < 4.78 is 0.879. The van der Waals surface area contributed by atoms with E-state index in [0.29, 0.717) is 6.54 Å². The number of allylic oxidation sites excluding steroid dienone is 2. The van der Waals surface area contributed by atoms with Crippen molar-refractivity contribution in [2.75, 3.05) is 6.54 Å². The fourth-order valence-electron chi connectivity index (χ4n) is 4.94. The smallest absolute Gasteiger partial charge is 0.224 e. The molecule has 148 valence electrons. The number of nitrogens with two attached hydrogens (primary N) is 1. The molecule has 28 heavy (non-hydrogen) atoms. The van der Waals surface area contributed by atoms with E-state index >= 15 is 0 Å². The summed E-state index contributed by atoms with van der Waals surface area (Å²) in [7, 11) is 0. The minimum absolute atomic E-state index is 0.0730. The number of amides is 3. The number of aromatic nitrogens is 1. The number of pyridine rings is 1. The van der Waals surface area contributed by atoms with Crippen LogP contribution in [0.5, 0.6) is 0 Å². The molecule has 0 radical (unpaired) electrons. The van der Waals surface area contributed by atoms with Gasteiger partial charge in [0.25, 0.3) is 0 Å². The second-order valence-corrected chi connectivity index (χ2v) is 8.83. The zero-order chi connectivity index (χ0) is 19.9. The molecule has 7 nitrogen and oxygen atoms in total. The van der Waals surface area contributed by atoms with E-state index in [4.69, 9.17) is 5.73 Å². The molecule has 3 aliphatic carbocycles. The monoisotopic (exact) mass is 446 g/mol. The average Bonchev–Trinajstić information content (AvgIpc) is 3.33. The first-order valence-electron chi connectivity index (χ1n) is 9.55. The van der Waals surface area contributed by atoms with Crippen molar-refractivity contribution in [2.24, 2.45) is 34.8 Å². The summed E-state index contributed by atoms with van der Waals surface area (Å²) in [6, 6.07) is 3.73. The van der Waals surface area contributed by atoms with Gasteiger partial charge in [-0.15, -0.1) is 0 Å².